The third-order valence-electron chi connectivity index (χ3n) is 0. The minimum Gasteiger partial charge on any atom is -1.00 e. The molecule has 43 valence electrons. The van der Waals surface area contributed by atoms with E-state index in [0.29, 0.717) is 0 Å². The molecule has 0 amide bonds. The van der Waals surface area contributed by atoms with Gasteiger partial charge >= 0.3 is 75.1 Å². The van der Waals surface area contributed by atoms with E-state index in [-0.39, 0.29) is 90.1 Å². The Kier molecular flexibility index (Phi) is 27.9. The smallest absolute Gasteiger partial charge is 1.00 e. The van der Waals surface area contributed by atoms with Crippen LogP contribution in [-0.4, -0.2) is 52.4 Å². The Morgan fingerprint density at radius 3 is 1.25 bits per heavy atom. The Hall–Kier alpha value is 2.95. The number of hydrogen-bond donors (Lipinski definition) is 3. The number of rotatable bonds is 0. The first-order chi connectivity index (χ1) is 2.00. The predicted octanol–water partition coefficient (Wildman–Crippen LogP) is -3.97. The first kappa shape index (κ1) is 22.4. The Morgan fingerprint density at radius 2 is 1.25 bits per heavy atom. The molecule has 8 heteroatoms. The molecule has 0 heterocycles. The van der Waals surface area contributed by atoms with Crippen molar-refractivity contribution in [2.24, 2.45) is 0 Å². The second-order valence-corrected chi connectivity index (χ2v) is 1.54. The van der Waals surface area contributed by atoms with E-state index in [9.17, 15) is 0 Å². The van der Waals surface area contributed by atoms with Crippen molar-refractivity contribution in [3.05, 3.63) is 0 Å². The standard InChI is InChI=1S/Ca.Na.H3O4P.V.3H/c;;1-5(2,3)4;;;;/h;;(H3,1,2,3,4);;;;/q+2;+1;;;3*-1. The molecule has 0 spiro atoms. The summed E-state index contributed by atoms with van der Waals surface area (Å²) in [6.07, 6.45) is 0. The minimum atomic E-state index is -4.64. The normalized spacial score (nSPS) is 7.38. The van der Waals surface area contributed by atoms with Gasteiger partial charge in [0.1, 0.15) is 0 Å². The molecule has 0 aliphatic heterocycles. The molecular weight excluding hydrogens is 209 g/mol. The van der Waals surface area contributed by atoms with E-state index < -0.39 is 7.82 Å². The largest absolute Gasteiger partial charge is 2.00 e. The average Bonchev–Trinajstić information content (AvgIpc) is 0.722. The molecule has 1 radical (unpaired) electrons. The molecule has 0 saturated heterocycles. The van der Waals surface area contributed by atoms with Crippen LogP contribution in [0, 0.1) is 0 Å². The third-order valence-corrected chi connectivity index (χ3v) is 0. The number of phosphoric acid groups is 1. The van der Waals surface area contributed by atoms with Gasteiger partial charge in [-0.15, -0.1) is 0 Å². The summed E-state index contributed by atoms with van der Waals surface area (Å²) in [5.41, 5.74) is 0. The molecule has 0 rings (SSSR count). The van der Waals surface area contributed by atoms with Gasteiger partial charge in [0.05, 0.1) is 0 Å². The van der Waals surface area contributed by atoms with Gasteiger partial charge in [0.2, 0.25) is 0 Å². The summed E-state index contributed by atoms with van der Waals surface area (Å²) >= 11 is 0. The zero-order valence-electron chi connectivity index (χ0n) is 7.35. The van der Waals surface area contributed by atoms with Crippen molar-refractivity contribution < 1.29 is 71.6 Å². The van der Waals surface area contributed by atoms with Crippen LogP contribution in [0.3, 0.4) is 0 Å². The summed E-state index contributed by atoms with van der Waals surface area (Å²) in [4.78, 5) is 21.6. The van der Waals surface area contributed by atoms with Crippen molar-refractivity contribution >= 4 is 45.6 Å². The maximum atomic E-state index is 8.88. The Bertz CT molecular complexity index is 71.5. The molecule has 0 aliphatic carbocycles. The van der Waals surface area contributed by atoms with Gasteiger partial charge in [0.25, 0.3) is 0 Å². The summed E-state index contributed by atoms with van der Waals surface area (Å²) in [7, 11) is -4.64. The van der Waals surface area contributed by atoms with Crippen LogP contribution in [0.4, 0.5) is 0 Å². The van der Waals surface area contributed by atoms with Gasteiger partial charge in [-0.05, 0) is 0 Å². The Balaban J connectivity index is -0.00000000533. The van der Waals surface area contributed by atoms with E-state index in [0.717, 1.165) is 0 Å². The van der Waals surface area contributed by atoms with Crippen molar-refractivity contribution in [2.45, 2.75) is 0 Å². The molecule has 4 nitrogen and oxygen atoms in total. The minimum absolute atomic E-state index is 0. The topological polar surface area (TPSA) is 77.8 Å². The van der Waals surface area contributed by atoms with Crippen molar-refractivity contribution in [3.8, 4) is 0 Å². The molecule has 3 N–H and O–H groups in total. The molecule has 0 aromatic carbocycles. The first-order valence-electron chi connectivity index (χ1n) is 0.783. The first-order valence-corrected chi connectivity index (χ1v) is 2.35. The summed E-state index contributed by atoms with van der Waals surface area (Å²) in [5.74, 6) is 0. The van der Waals surface area contributed by atoms with Gasteiger partial charge in [0.15, 0.2) is 0 Å². The van der Waals surface area contributed by atoms with Gasteiger partial charge in [-0.2, -0.15) is 0 Å². The Morgan fingerprint density at radius 1 is 1.25 bits per heavy atom. The van der Waals surface area contributed by atoms with E-state index in [1.54, 1.807) is 0 Å². The molecule has 0 saturated carbocycles. The Labute approximate surface area is 115 Å². The van der Waals surface area contributed by atoms with Crippen LogP contribution in [0.15, 0.2) is 0 Å². The van der Waals surface area contributed by atoms with Crippen LogP contribution in [0.25, 0.3) is 0 Å². The van der Waals surface area contributed by atoms with E-state index >= 15 is 0 Å². The SMILES string of the molecule is O=P(O)(O)O.[Ca+2].[H-].[H-].[H-].[Na+].[V]. The van der Waals surface area contributed by atoms with Crippen molar-refractivity contribution in [3.63, 3.8) is 0 Å². The number of hydrogen-bond acceptors (Lipinski definition) is 1. The fourth-order valence-electron chi connectivity index (χ4n) is 0. The van der Waals surface area contributed by atoms with Crippen LogP contribution in [0.5, 0.6) is 0 Å². The summed E-state index contributed by atoms with van der Waals surface area (Å²) in [6.45, 7) is 0. The predicted molar refractivity (Wildman–Crippen MR) is 23.4 cm³/mol. The van der Waals surface area contributed by atoms with E-state index in [1.165, 1.54) is 0 Å². The van der Waals surface area contributed by atoms with Crippen LogP contribution in [-0.2, 0) is 23.1 Å². The molecule has 0 aromatic rings. The summed E-state index contributed by atoms with van der Waals surface area (Å²) in [6, 6.07) is 0. The van der Waals surface area contributed by atoms with Crippen LogP contribution in [0.2, 0.25) is 0 Å². The third kappa shape index (κ3) is 64.9. The fraction of sp³-hybridized carbons (Fsp3) is 0. The molecule has 8 heavy (non-hydrogen) atoms. The fourth-order valence-corrected chi connectivity index (χ4v) is 0. The molecule has 0 unspecified atom stereocenters. The van der Waals surface area contributed by atoms with Crippen LogP contribution >= 0.6 is 7.82 Å². The zero-order valence-corrected chi connectivity index (χ0v) is 10.9. The van der Waals surface area contributed by atoms with E-state index in [1.807, 2.05) is 0 Å². The molecule has 0 atom stereocenters. The maximum absolute atomic E-state index is 8.88. The van der Waals surface area contributed by atoms with Crippen molar-refractivity contribution in [1.29, 1.82) is 0 Å². The molecular formula is H6CaNaO4PV. The molecule has 0 aliphatic rings. The zero-order chi connectivity index (χ0) is 4.50. The summed E-state index contributed by atoms with van der Waals surface area (Å²) < 4.78 is 8.88. The van der Waals surface area contributed by atoms with E-state index in [2.05, 4.69) is 0 Å². The van der Waals surface area contributed by atoms with Gasteiger partial charge < -0.3 is 19.0 Å². The summed E-state index contributed by atoms with van der Waals surface area (Å²) in [5, 5.41) is 0. The average molecular weight is 215 g/mol. The quantitative estimate of drug-likeness (QED) is 0.284. The van der Waals surface area contributed by atoms with E-state index in [4.69, 9.17) is 19.2 Å². The maximum Gasteiger partial charge on any atom is 2.00 e. The molecule has 0 aromatic heterocycles. The van der Waals surface area contributed by atoms with Crippen molar-refractivity contribution in [1.82, 2.24) is 0 Å². The second-order valence-electron chi connectivity index (χ2n) is 0.513. The van der Waals surface area contributed by atoms with Gasteiger partial charge in [-0.25, -0.2) is 4.57 Å². The van der Waals surface area contributed by atoms with Gasteiger partial charge in [0, 0.05) is 18.6 Å². The monoisotopic (exact) mass is 215 g/mol. The van der Waals surface area contributed by atoms with Crippen LogP contribution < -0.4 is 29.6 Å². The van der Waals surface area contributed by atoms with Gasteiger partial charge in [-0.3, -0.25) is 0 Å². The molecule has 0 fully saturated rings. The van der Waals surface area contributed by atoms with Gasteiger partial charge in [-0.1, -0.05) is 0 Å². The second kappa shape index (κ2) is 9.95. The molecule has 0 bridgehead atoms. The van der Waals surface area contributed by atoms with Crippen LogP contribution in [0.1, 0.15) is 4.28 Å². The van der Waals surface area contributed by atoms with Crippen molar-refractivity contribution in [2.75, 3.05) is 0 Å².